The maximum Gasteiger partial charge on any atom is 0.215 e. The number of nitrogens with one attached hydrogen (secondary N) is 2. The van der Waals surface area contributed by atoms with Gasteiger partial charge in [-0.3, -0.25) is 0 Å². The minimum absolute atomic E-state index is 0.0220. The zero-order valence-electron chi connectivity index (χ0n) is 12.0. The first kappa shape index (κ1) is 16.2. The molecule has 1 heterocycles. The van der Waals surface area contributed by atoms with E-state index in [0.29, 0.717) is 6.54 Å². The lowest BCUT2D eigenvalue weighted by atomic mass is 10.1. The Labute approximate surface area is 130 Å². The van der Waals surface area contributed by atoms with Crippen LogP contribution in [0.5, 0.6) is 0 Å². The minimum Gasteiger partial charge on any atom is -0.316 e. The summed E-state index contributed by atoms with van der Waals surface area (Å²) in [5.41, 5.74) is 3.06. The van der Waals surface area contributed by atoms with Crippen molar-refractivity contribution < 1.29 is 8.42 Å². The molecule has 0 radical (unpaired) electrons. The molecule has 1 aromatic carbocycles. The van der Waals surface area contributed by atoms with Crippen molar-refractivity contribution in [1.82, 2.24) is 10.0 Å². The fourth-order valence-corrected chi connectivity index (χ4v) is 3.93. The van der Waals surface area contributed by atoms with E-state index in [1.54, 1.807) is 11.3 Å². The van der Waals surface area contributed by atoms with E-state index in [0.717, 1.165) is 24.1 Å². The highest BCUT2D eigenvalue weighted by Crippen LogP contribution is 2.09. The quantitative estimate of drug-likeness (QED) is 0.782. The van der Waals surface area contributed by atoms with Gasteiger partial charge >= 0.3 is 0 Å². The second kappa shape index (κ2) is 7.70. The van der Waals surface area contributed by atoms with E-state index in [9.17, 15) is 8.42 Å². The number of hydrogen-bond acceptors (Lipinski definition) is 4. The lowest BCUT2D eigenvalue weighted by Gasteiger charge is -2.08. The second-order valence-corrected chi connectivity index (χ2v) is 7.47. The molecule has 6 heteroatoms. The third-order valence-electron chi connectivity index (χ3n) is 3.04. The summed E-state index contributed by atoms with van der Waals surface area (Å²) in [5, 5.41) is 7.09. The van der Waals surface area contributed by atoms with Crippen LogP contribution in [-0.2, 0) is 28.7 Å². The predicted molar refractivity (Wildman–Crippen MR) is 87.9 cm³/mol. The maximum atomic E-state index is 12.1. The smallest absolute Gasteiger partial charge is 0.215 e. The molecular weight excluding hydrogens is 304 g/mol. The molecule has 114 valence electrons. The molecule has 0 bridgehead atoms. The van der Waals surface area contributed by atoms with Crippen LogP contribution < -0.4 is 10.0 Å². The van der Waals surface area contributed by atoms with Crippen LogP contribution in [-0.4, -0.2) is 22.0 Å². The molecule has 0 aliphatic carbocycles. The molecule has 0 saturated carbocycles. The Morgan fingerprint density at radius 1 is 1.14 bits per heavy atom. The van der Waals surface area contributed by atoms with E-state index < -0.39 is 10.0 Å². The van der Waals surface area contributed by atoms with Gasteiger partial charge in [0.15, 0.2) is 0 Å². The molecule has 0 spiro atoms. The van der Waals surface area contributed by atoms with Crippen molar-refractivity contribution in [1.29, 1.82) is 0 Å². The normalized spacial score (nSPS) is 11.7. The van der Waals surface area contributed by atoms with Crippen LogP contribution in [0.25, 0.3) is 0 Å². The highest BCUT2D eigenvalue weighted by Gasteiger charge is 2.11. The summed E-state index contributed by atoms with van der Waals surface area (Å²) in [6, 6.07) is 9.66. The zero-order chi connectivity index (χ0) is 15.1. The standard InChI is InChI=1S/C15H20N2O2S2/c1-16-10-14-3-2-4-15(9-14)12-21(18,19)17-7-5-13-6-8-20-11-13/h2-4,6,8-9,11,16-17H,5,7,10,12H2,1H3. The molecule has 0 saturated heterocycles. The van der Waals surface area contributed by atoms with Crippen molar-refractivity contribution in [3.8, 4) is 0 Å². The van der Waals surface area contributed by atoms with Gasteiger partial charge in [-0.15, -0.1) is 0 Å². The lowest BCUT2D eigenvalue weighted by Crippen LogP contribution is -2.27. The molecule has 0 aliphatic heterocycles. The summed E-state index contributed by atoms with van der Waals surface area (Å²) in [7, 11) is -1.42. The van der Waals surface area contributed by atoms with Crippen LogP contribution in [0, 0.1) is 0 Å². The molecule has 0 unspecified atom stereocenters. The number of rotatable bonds is 8. The summed E-state index contributed by atoms with van der Waals surface area (Å²) in [6.07, 6.45) is 0.725. The molecule has 2 aromatic rings. The molecule has 0 aliphatic rings. The van der Waals surface area contributed by atoms with Gasteiger partial charge in [0.1, 0.15) is 0 Å². The molecule has 0 fully saturated rings. The summed E-state index contributed by atoms with van der Waals surface area (Å²) in [5.74, 6) is 0.0220. The largest absolute Gasteiger partial charge is 0.316 e. The Morgan fingerprint density at radius 2 is 1.95 bits per heavy atom. The van der Waals surface area contributed by atoms with E-state index in [4.69, 9.17) is 0 Å². The highest BCUT2D eigenvalue weighted by atomic mass is 32.2. The van der Waals surface area contributed by atoms with Gasteiger partial charge in [-0.1, -0.05) is 24.3 Å². The van der Waals surface area contributed by atoms with E-state index in [-0.39, 0.29) is 5.75 Å². The molecule has 2 N–H and O–H groups in total. The van der Waals surface area contributed by atoms with E-state index >= 15 is 0 Å². The van der Waals surface area contributed by atoms with Crippen LogP contribution in [0.1, 0.15) is 16.7 Å². The van der Waals surface area contributed by atoms with Crippen LogP contribution in [0.3, 0.4) is 0 Å². The Kier molecular flexibility index (Phi) is 5.93. The third-order valence-corrected chi connectivity index (χ3v) is 5.13. The van der Waals surface area contributed by atoms with Crippen molar-refractivity contribution in [2.75, 3.05) is 13.6 Å². The van der Waals surface area contributed by atoms with Gasteiger partial charge in [0, 0.05) is 13.1 Å². The molecule has 2 rings (SSSR count). The van der Waals surface area contributed by atoms with Crippen molar-refractivity contribution in [3.63, 3.8) is 0 Å². The van der Waals surface area contributed by atoms with Crippen molar-refractivity contribution in [3.05, 3.63) is 57.8 Å². The lowest BCUT2D eigenvalue weighted by molar-refractivity contribution is 0.581. The molecule has 4 nitrogen and oxygen atoms in total. The molecule has 1 aromatic heterocycles. The summed E-state index contributed by atoms with van der Waals surface area (Å²) >= 11 is 1.62. The zero-order valence-corrected chi connectivity index (χ0v) is 13.6. The highest BCUT2D eigenvalue weighted by molar-refractivity contribution is 7.88. The fourth-order valence-electron chi connectivity index (χ4n) is 2.09. The summed E-state index contributed by atoms with van der Waals surface area (Å²) < 4.78 is 26.8. The molecule has 21 heavy (non-hydrogen) atoms. The molecular formula is C15H20N2O2S2. The number of benzene rings is 1. The summed E-state index contributed by atoms with van der Waals surface area (Å²) in [4.78, 5) is 0. The fraction of sp³-hybridized carbons (Fsp3) is 0.333. The Hall–Kier alpha value is -1.21. The van der Waals surface area contributed by atoms with Gasteiger partial charge in [-0.05, 0) is 47.0 Å². The number of thiophene rings is 1. The SMILES string of the molecule is CNCc1cccc(CS(=O)(=O)NCCc2ccsc2)c1. The van der Waals surface area contributed by atoms with Gasteiger partial charge < -0.3 is 5.32 Å². The topological polar surface area (TPSA) is 58.2 Å². The van der Waals surface area contributed by atoms with Crippen molar-refractivity contribution in [2.24, 2.45) is 0 Å². The number of hydrogen-bond donors (Lipinski definition) is 2. The molecule has 0 amide bonds. The maximum absolute atomic E-state index is 12.1. The van der Waals surface area contributed by atoms with Crippen LogP contribution in [0.4, 0.5) is 0 Å². The van der Waals surface area contributed by atoms with E-state index in [2.05, 4.69) is 10.0 Å². The molecule has 0 atom stereocenters. The number of sulfonamides is 1. The average Bonchev–Trinajstić information content (AvgIpc) is 2.92. The van der Waals surface area contributed by atoms with Gasteiger partial charge in [-0.25, -0.2) is 13.1 Å². The van der Waals surface area contributed by atoms with Crippen molar-refractivity contribution in [2.45, 2.75) is 18.7 Å². The summed E-state index contributed by atoms with van der Waals surface area (Å²) in [6.45, 7) is 1.18. The minimum atomic E-state index is -3.29. The average molecular weight is 324 g/mol. The van der Waals surface area contributed by atoms with E-state index in [1.807, 2.05) is 48.1 Å². The predicted octanol–water partition coefficient (Wildman–Crippen LogP) is 2.13. The monoisotopic (exact) mass is 324 g/mol. The van der Waals surface area contributed by atoms with E-state index in [1.165, 1.54) is 5.56 Å². The first-order valence-electron chi connectivity index (χ1n) is 6.80. The second-order valence-electron chi connectivity index (χ2n) is 4.89. The van der Waals surface area contributed by atoms with Crippen molar-refractivity contribution >= 4 is 21.4 Å². The van der Waals surface area contributed by atoms with Crippen LogP contribution in [0.15, 0.2) is 41.1 Å². The van der Waals surface area contributed by atoms with Crippen LogP contribution in [0.2, 0.25) is 0 Å². The Bertz CT molecular complexity index is 652. The Morgan fingerprint density at radius 3 is 2.67 bits per heavy atom. The third kappa shape index (κ3) is 5.59. The first-order valence-corrected chi connectivity index (χ1v) is 9.39. The Balaban J connectivity index is 1.89. The van der Waals surface area contributed by atoms with Gasteiger partial charge in [0.2, 0.25) is 10.0 Å². The van der Waals surface area contributed by atoms with Gasteiger partial charge in [-0.2, -0.15) is 11.3 Å². The van der Waals surface area contributed by atoms with Gasteiger partial charge in [0.05, 0.1) is 5.75 Å². The first-order chi connectivity index (χ1) is 10.1. The van der Waals surface area contributed by atoms with Gasteiger partial charge in [0.25, 0.3) is 0 Å². The van der Waals surface area contributed by atoms with Crippen LogP contribution >= 0.6 is 11.3 Å².